The maximum Gasteiger partial charge on any atom is 0.173 e. The van der Waals surface area contributed by atoms with Gasteiger partial charge in [-0.3, -0.25) is 0 Å². The zero-order chi connectivity index (χ0) is 14.7. The van der Waals surface area contributed by atoms with Crippen LogP contribution in [0.15, 0.2) is 41.6 Å². The quantitative estimate of drug-likeness (QED) is 0.390. The maximum absolute atomic E-state index is 13.3. The van der Waals surface area contributed by atoms with Crippen LogP contribution < -0.4 is 10.5 Å². The summed E-state index contributed by atoms with van der Waals surface area (Å²) in [6.45, 7) is 3.91. The molecule has 0 amide bonds. The van der Waals surface area contributed by atoms with Gasteiger partial charge in [0.1, 0.15) is 17.3 Å². The number of aryl methyl sites for hydroxylation is 2. The van der Waals surface area contributed by atoms with Gasteiger partial charge in [0.05, 0.1) is 5.56 Å². The molecule has 3 N–H and O–H groups in total. The summed E-state index contributed by atoms with van der Waals surface area (Å²) >= 11 is 0. The topological polar surface area (TPSA) is 67.8 Å². The third-order valence-electron chi connectivity index (χ3n) is 2.75. The van der Waals surface area contributed by atoms with Crippen LogP contribution in [-0.2, 0) is 0 Å². The maximum atomic E-state index is 13.3. The Kier molecular flexibility index (Phi) is 3.89. The molecular weight excluding hydrogens is 259 g/mol. The van der Waals surface area contributed by atoms with Crippen molar-refractivity contribution in [2.24, 2.45) is 10.9 Å². The Morgan fingerprint density at radius 1 is 1.15 bits per heavy atom. The number of oxime groups is 1. The first-order chi connectivity index (χ1) is 9.49. The van der Waals surface area contributed by atoms with Crippen molar-refractivity contribution in [2.45, 2.75) is 13.8 Å². The zero-order valence-corrected chi connectivity index (χ0v) is 11.2. The molecule has 0 spiro atoms. The summed E-state index contributed by atoms with van der Waals surface area (Å²) in [7, 11) is 0. The lowest BCUT2D eigenvalue weighted by atomic mass is 10.1. The molecule has 0 bridgehead atoms. The van der Waals surface area contributed by atoms with Crippen LogP contribution in [0, 0.1) is 19.7 Å². The van der Waals surface area contributed by atoms with Gasteiger partial charge in [0.2, 0.25) is 0 Å². The van der Waals surface area contributed by atoms with Crippen molar-refractivity contribution in [3.63, 3.8) is 0 Å². The number of ether oxygens (including phenoxy) is 1. The Morgan fingerprint density at radius 3 is 2.40 bits per heavy atom. The molecule has 20 heavy (non-hydrogen) atoms. The minimum Gasteiger partial charge on any atom is -0.457 e. The molecule has 2 aromatic carbocycles. The molecule has 0 saturated carbocycles. The number of nitrogens with zero attached hydrogens (tertiary/aromatic N) is 1. The lowest BCUT2D eigenvalue weighted by Gasteiger charge is -2.11. The van der Waals surface area contributed by atoms with Crippen LogP contribution in [0.25, 0.3) is 0 Å². The molecule has 104 valence electrons. The summed E-state index contributed by atoms with van der Waals surface area (Å²) in [4.78, 5) is 0. The van der Waals surface area contributed by atoms with E-state index in [0.29, 0.717) is 11.5 Å². The van der Waals surface area contributed by atoms with Gasteiger partial charge >= 0.3 is 0 Å². The summed E-state index contributed by atoms with van der Waals surface area (Å²) in [6.07, 6.45) is 0. The first kappa shape index (κ1) is 13.9. The smallest absolute Gasteiger partial charge is 0.173 e. The Hall–Kier alpha value is -2.56. The minimum atomic E-state index is -0.487. The molecule has 0 unspecified atom stereocenters. The van der Waals surface area contributed by atoms with Crippen molar-refractivity contribution in [1.82, 2.24) is 0 Å². The fourth-order valence-electron chi connectivity index (χ4n) is 1.96. The van der Waals surface area contributed by atoms with Crippen LogP contribution in [0.5, 0.6) is 11.5 Å². The summed E-state index contributed by atoms with van der Waals surface area (Å²) in [6, 6.07) is 9.58. The zero-order valence-electron chi connectivity index (χ0n) is 11.2. The highest BCUT2D eigenvalue weighted by atomic mass is 19.1. The first-order valence-corrected chi connectivity index (χ1v) is 6.03. The lowest BCUT2D eigenvalue weighted by Crippen LogP contribution is -2.14. The fourth-order valence-corrected chi connectivity index (χ4v) is 1.96. The minimum absolute atomic E-state index is 0.201. The van der Waals surface area contributed by atoms with Gasteiger partial charge in [0.25, 0.3) is 0 Å². The molecule has 0 atom stereocenters. The van der Waals surface area contributed by atoms with Crippen molar-refractivity contribution in [3.8, 4) is 11.5 Å². The molecule has 0 radical (unpaired) electrons. The Balaban J connectivity index is 2.43. The number of nitrogens with two attached hydrogens (primary N) is 1. The molecule has 2 aromatic rings. The van der Waals surface area contributed by atoms with Crippen molar-refractivity contribution in [2.75, 3.05) is 0 Å². The second kappa shape index (κ2) is 5.61. The molecule has 2 rings (SSSR count). The first-order valence-electron chi connectivity index (χ1n) is 6.03. The molecule has 5 heteroatoms. The third-order valence-corrected chi connectivity index (χ3v) is 2.75. The monoisotopic (exact) mass is 274 g/mol. The number of benzene rings is 2. The normalized spacial score (nSPS) is 11.4. The van der Waals surface area contributed by atoms with Gasteiger partial charge in [0, 0.05) is 0 Å². The number of halogens is 1. The number of rotatable bonds is 3. The standard InChI is InChI=1S/C15H15FN2O2/c1-9-5-10(2)7-12(6-9)20-14-4-3-11(16)8-13(14)15(17)18-19/h3-8,19H,1-2H3,(H2,17,18). The molecule has 0 aromatic heterocycles. The summed E-state index contributed by atoms with van der Waals surface area (Å²) < 4.78 is 19.0. The van der Waals surface area contributed by atoms with Gasteiger partial charge in [-0.15, -0.1) is 0 Å². The fraction of sp³-hybridized carbons (Fsp3) is 0.133. The molecule has 0 aliphatic carbocycles. The van der Waals surface area contributed by atoms with Crippen molar-refractivity contribution >= 4 is 5.84 Å². The molecule has 0 aliphatic heterocycles. The Morgan fingerprint density at radius 2 is 1.80 bits per heavy atom. The second-order valence-corrected chi connectivity index (χ2v) is 4.55. The molecule has 0 fully saturated rings. The van der Waals surface area contributed by atoms with E-state index in [4.69, 9.17) is 15.7 Å². The average molecular weight is 274 g/mol. The van der Waals surface area contributed by atoms with Crippen molar-refractivity contribution in [3.05, 3.63) is 58.9 Å². The van der Waals surface area contributed by atoms with Crippen LogP contribution in [0.3, 0.4) is 0 Å². The van der Waals surface area contributed by atoms with E-state index >= 15 is 0 Å². The number of hydrogen-bond donors (Lipinski definition) is 2. The Bertz CT molecular complexity index is 649. The molecule has 4 nitrogen and oxygen atoms in total. The summed E-state index contributed by atoms with van der Waals surface area (Å²) in [5.41, 5.74) is 7.83. The van der Waals surface area contributed by atoms with Crippen molar-refractivity contribution < 1.29 is 14.3 Å². The predicted molar refractivity (Wildman–Crippen MR) is 74.9 cm³/mol. The van der Waals surface area contributed by atoms with E-state index in [0.717, 1.165) is 17.2 Å². The van der Waals surface area contributed by atoms with E-state index in [2.05, 4.69) is 5.16 Å². The van der Waals surface area contributed by atoms with Gasteiger partial charge in [0.15, 0.2) is 5.84 Å². The molecule has 0 heterocycles. The number of hydrogen-bond acceptors (Lipinski definition) is 3. The highest BCUT2D eigenvalue weighted by Gasteiger charge is 2.11. The van der Waals surface area contributed by atoms with E-state index < -0.39 is 5.82 Å². The second-order valence-electron chi connectivity index (χ2n) is 4.55. The molecular formula is C15H15FN2O2. The highest BCUT2D eigenvalue weighted by molar-refractivity contribution is 5.99. The van der Waals surface area contributed by atoms with E-state index in [1.54, 1.807) is 0 Å². The lowest BCUT2D eigenvalue weighted by molar-refractivity contribution is 0.318. The van der Waals surface area contributed by atoms with Gasteiger partial charge < -0.3 is 15.7 Å². The van der Waals surface area contributed by atoms with E-state index in [1.807, 2.05) is 32.0 Å². The van der Waals surface area contributed by atoms with Gasteiger partial charge in [-0.2, -0.15) is 0 Å². The molecule has 0 saturated heterocycles. The van der Waals surface area contributed by atoms with E-state index in [-0.39, 0.29) is 11.4 Å². The average Bonchev–Trinajstić information content (AvgIpc) is 2.38. The van der Waals surface area contributed by atoms with E-state index in [9.17, 15) is 4.39 Å². The van der Waals surface area contributed by atoms with E-state index in [1.165, 1.54) is 12.1 Å². The predicted octanol–water partition coefficient (Wildman–Crippen LogP) is 3.33. The summed E-state index contributed by atoms with van der Waals surface area (Å²) in [5.74, 6) is 0.246. The van der Waals surface area contributed by atoms with Gasteiger partial charge in [-0.25, -0.2) is 4.39 Å². The SMILES string of the molecule is Cc1cc(C)cc(Oc2ccc(F)cc2C(N)=NO)c1. The number of amidine groups is 1. The van der Waals surface area contributed by atoms with Gasteiger partial charge in [-0.1, -0.05) is 11.2 Å². The molecule has 0 aliphatic rings. The van der Waals surface area contributed by atoms with Crippen LogP contribution in [-0.4, -0.2) is 11.0 Å². The van der Waals surface area contributed by atoms with Crippen molar-refractivity contribution in [1.29, 1.82) is 0 Å². The van der Waals surface area contributed by atoms with Crippen LogP contribution >= 0.6 is 0 Å². The third kappa shape index (κ3) is 3.06. The largest absolute Gasteiger partial charge is 0.457 e. The van der Waals surface area contributed by atoms with Crippen LogP contribution in [0.1, 0.15) is 16.7 Å². The highest BCUT2D eigenvalue weighted by Crippen LogP contribution is 2.27. The summed E-state index contributed by atoms with van der Waals surface area (Å²) in [5, 5.41) is 11.6. The van der Waals surface area contributed by atoms with Crippen LogP contribution in [0.4, 0.5) is 4.39 Å². The Labute approximate surface area is 116 Å². The van der Waals surface area contributed by atoms with Gasteiger partial charge in [-0.05, 0) is 55.3 Å². The van der Waals surface area contributed by atoms with Crippen LogP contribution in [0.2, 0.25) is 0 Å².